The molecule has 0 saturated heterocycles. The minimum atomic E-state index is -0.0204. The van der Waals surface area contributed by atoms with E-state index in [0.717, 1.165) is 0 Å². The van der Waals surface area contributed by atoms with Gasteiger partial charge in [0.2, 0.25) is 5.96 Å². The van der Waals surface area contributed by atoms with Crippen LogP contribution in [0, 0.1) is 5.41 Å². The van der Waals surface area contributed by atoms with E-state index in [1.807, 2.05) is 0 Å². The standard InChI is InChI=1S/C5H3N5/c6-5-7-1-3-4(10-5)9-2-8-3/h1-2,6H. The van der Waals surface area contributed by atoms with Crippen molar-refractivity contribution < 1.29 is 0 Å². The molecule has 0 aliphatic carbocycles. The fourth-order valence-electron chi connectivity index (χ4n) is 0.698. The average Bonchev–Trinajstić information content (AvgIpc) is 2.33. The molecule has 0 aromatic heterocycles. The SMILES string of the molecule is N=C1N=CC2=NC=NC2=N1. The Hall–Kier alpha value is -1.65. The van der Waals surface area contributed by atoms with Crippen LogP contribution in [0.2, 0.25) is 0 Å². The number of fused-ring (bicyclic) bond motifs is 1. The van der Waals surface area contributed by atoms with Gasteiger partial charge >= 0.3 is 0 Å². The molecule has 0 atom stereocenters. The summed E-state index contributed by atoms with van der Waals surface area (Å²) in [4.78, 5) is 15.0. The van der Waals surface area contributed by atoms with Gasteiger partial charge < -0.3 is 0 Å². The normalized spacial score (nSPS) is 20.6. The lowest BCUT2D eigenvalue weighted by atomic mass is 10.3. The van der Waals surface area contributed by atoms with Crippen LogP contribution in [-0.4, -0.2) is 30.1 Å². The third-order valence-electron chi connectivity index (χ3n) is 1.13. The molecule has 2 heterocycles. The number of guanidine groups is 1. The van der Waals surface area contributed by atoms with E-state index >= 15 is 0 Å². The highest BCUT2D eigenvalue weighted by atomic mass is 15.1. The molecule has 5 heteroatoms. The first kappa shape index (κ1) is 5.16. The van der Waals surface area contributed by atoms with Crippen LogP contribution in [0.15, 0.2) is 20.0 Å². The fourth-order valence-corrected chi connectivity index (χ4v) is 0.698. The Balaban J connectivity index is 2.51. The molecule has 0 bridgehead atoms. The van der Waals surface area contributed by atoms with E-state index in [-0.39, 0.29) is 5.96 Å². The number of hydrogen-bond acceptors (Lipinski definition) is 3. The summed E-state index contributed by atoms with van der Waals surface area (Å²) in [5, 5.41) is 7.03. The molecule has 0 radical (unpaired) electrons. The molecule has 0 aromatic rings. The van der Waals surface area contributed by atoms with Crippen LogP contribution >= 0.6 is 0 Å². The summed E-state index contributed by atoms with van der Waals surface area (Å²) in [6.07, 6.45) is 2.89. The number of nitrogens with one attached hydrogen (secondary N) is 1. The molecule has 0 aromatic carbocycles. The third kappa shape index (κ3) is 0.604. The van der Waals surface area contributed by atoms with Crippen LogP contribution in [0.1, 0.15) is 0 Å². The number of amidine groups is 1. The average molecular weight is 133 g/mol. The van der Waals surface area contributed by atoms with Crippen molar-refractivity contribution in [3.05, 3.63) is 0 Å². The fraction of sp³-hybridized carbons (Fsp3) is 0. The Bertz CT molecular complexity index is 306. The highest BCUT2D eigenvalue weighted by molar-refractivity contribution is 6.67. The van der Waals surface area contributed by atoms with Crippen molar-refractivity contribution >= 4 is 30.1 Å². The molecular formula is C5H3N5. The lowest BCUT2D eigenvalue weighted by molar-refractivity contribution is 1.37. The Morgan fingerprint density at radius 3 is 3.10 bits per heavy atom. The summed E-state index contributed by atoms with van der Waals surface area (Å²) in [6.45, 7) is 0. The molecule has 2 aliphatic rings. The third-order valence-corrected chi connectivity index (χ3v) is 1.13. The van der Waals surface area contributed by atoms with Crippen molar-refractivity contribution in [2.45, 2.75) is 0 Å². The maximum absolute atomic E-state index is 7.03. The van der Waals surface area contributed by atoms with Crippen LogP contribution in [0.5, 0.6) is 0 Å². The van der Waals surface area contributed by atoms with Crippen LogP contribution in [-0.2, 0) is 0 Å². The van der Waals surface area contributed by atoms with Crippen molar-refractivity contribution in [1.29, 1.82) is 5.41 Å². The highest BCUT2D eigenvalue weighted by Crippen LogP contribution is 1.98. The van der Waals surface area contributed by atoms with Crippen LogP contribution in [0.4, 0.5) is 0 Å². The summed E-state index contributed by atoms with van der Waals surface area (Å²) in [5.74, 6) is 0.466. The molecule has 0 amide bonds. The van der Waals surface area contributed by atoms with Gasteiger partial charge in [-0.15, -0.1) is 0 Å². The monoisotopic (exact) mass is 133 g/mol. The summed E-state index contributed by atoms with van der Waals surface area (Å²) in [6, 6.07) is 0. The zero-order chi connectivity index (χ0) is 6.97. The molecule has 0 spiro atoms. The number of hydrogen-bond donors (Lipinski definition) is 1. The van der Waals surface area contributed by atoms with E-state index in [0.29, 0.717) is 11.5 Å². The van der Waals surface area contributed by atoms with Crippen LogP contribution in [0.3, 0.4) is 0 Å². The van der Waals surface area contributed by atoms with E-state index in [9.17, 15) is 0 Å². The van der Waals surface area contributed by atoms with Gasteiger partial charge in [0, 0.05) is 0 Å². The van der Waals surface area contributed by atoms with E-state index < -0.39 is 0 Å². The van der Waals surface area contributed by atoms with Gasteiger partial charge in [0.05, 0.1) is 6.21 Å². The highest BCUT2D eigenvalue weighted by Gasteiger charge is 2.13. The zero-order valence-corrected chi connectivity index (χ0v) is 4.94. The second-order valence-electron chi connectivity index (χ2n) is 1.78. The number of nitrogens with zero attached hydrogens (tertiary/aromatic N) is 4. The lowest BCUT2D eigenvalue weighted by Gasteiger charge is -1.97. The minimum Gasteiger partial charge on any atom is -0.265 e. The van der Waals surface area contributed by atoms with E-state index in [1.165, 1.54) is 12.6 Å². The lowest BCUT2D eigenvalue weighted by Crippen LogP contribution is -2.16. The van der Waals surface area contributed by atoms with Crippen LogP contribution in [0.25, 0.3) is 0 Å². The van der Waals surface area contributed by atoms with Crippen molar-refractivity contribution in [2.75, 3.05) is 0 Å². The van der Waals surface area contributed by atoms with Crippen molar-refractivity contribution in [3.63, 3.8) is 0 Å². The first-order chi connectivity index (χ1) is 4.86. The molecule has 5 nitrogen and oxygen atoms in total. The summed E-state index contributed by atoms with van der Waals surface area (Å²) < 4.78 is 0. The molecule has 0 fully saturated rings. The number of rotatable bonds is 0. The summed E-state index contributed by atoms with van der Waals surface area (Å²) in [5.41, 5.74) is 0.635. The van der Waals surface area contributed by atoms with E-state index in [2.05, 4.69) is 20.0 Å². The Labute approximate surface area is 56.5 Å². The number of aliphatic imine (C=N–C) groups is 4. The Morgan fingerprint density at radius 2 is 2.20 bits per heavy atom. The van der Waals surface area contributed by atoms with Gasteiger partial charge in [-0.05, 0) is 0 Å². The molecule has 2 aliphatic heterocycles. The van der Waals surface area contributed by atoms with Gasteiger partial charge in [0.15, 0.2) is 5.84 Å². The second-order valence-corrected chi connectivity index (χ2v) is 1.78. The maximum Gasteiger partial charge on any atom is 0.243 e. The predicted octanol–water partition coefficient (Wildman–Crippen LogP) is -0.113. The molecule has 1 N–H and O–H groups in total. The van der Waals surface area contributed by atoms with Gasteiger partial charge in [0.1, 0.15) is 12.1 Å². The van der Waals surface area contributed by atoms with Crippen LogP contribution < -0.4 is 0 Å². The second kappa shape index (κ2) is 1.66. The zero-order valence-electron chi connectivity index (χ0n) is 4.94. The van der Waals surface area contributed by atoms with Crippen molar-refractivity contribution in [3.8, 4) is 0 Å². The molecule has 48 valence electrons. The molecule has 10 heavy (non-hydrogen) atoms. The topological polar surface area (TPSA) is 73.3 Å². The van der Waals surface area contributed by atoms with Crippen molar-refractivity contribution in [2.24, 2.45) is 20.0 Å². The van der Waals surface area contributed by atoms with E-state index in [1.54, 1.807) is 0 Å². The van der Waals surface area contributed by atoms with Gasteiger partial charge in [-0.3, -0.25) is 5.41 Å². The molecule has 0 saturated carbocycles. The molecular weight excluding hydrogens is 130 g/mol. The smallest absolute Gasteiger partial charge is 0.243 e. The molecule has 0 unspecified atom stereocenters. The first-order valence-electron chi connectivity index (χ1n) is 2.68. The summed E-state index contributed by atoms with van der Waals surface area (Å²) in [7, 11) is 0. The van der Waals surface area contributed by atoms with Crippen molar-refractivity contribution in [1.82, 2.24) is 0 Å². The Kier molecular flexibility index (Phi) is 0.858. The minimum absolute atomic E-state index is 0.0204. The molecule has 2 rings (SSSR count). The van der Waals surface area contributed by atoms with Gasteiger partial charge in [0.25, 0.3) is 0 Å². The van der Waals surface area contributed by atoms with Gasteiger partial charge in [-0.25, -0.2) is 15.0 Å². The predicted molar refractivity (Wildman–Crippen MR) is 39.6 cm³/mol. The quantitative estimate of drug-likeness (QED) is 0.478. The first-order valence-corrected chi connectivity index (χ1v) is 2.68. The largest absolute Gasteiger partial charge is 0.265 e. The maximum atomic E-state index is 7.03. The summed E-state index contributed by atoms with van der Waals surface area (Å²) >= 11 is 0. The van der Waals surface area contributed by atoms with Gasteiger partial charge in [-0.2, -0.15) is 4.99 Å². The Morgan fingerprint density at radius 1 is 1.30 bits per heavy atom. The van der Waals surface area contributed by atoms with Gasteiger partial charge in [-0.1, -0.05) is 0 Å². The van der Waals surface area contributed by atoms with E-state index in [4.69, 9.17) is 5.41 Å².